The van der Waals surface area contributed by atoms with Crippen LogP contribution in [0.15, 0.2) is 47.6 Å². The van der Waals surface area contributed by atoms with Gasteiger partial charge in [0.15, 0.2) is 0 Å². The van der Waals surface area contributed by atoms with E-state index in [4.69, 9.17) is 9.47 Å². The van der Waals surface area contributed by atoms with Crippen molar-refractivity contribution in [3.63, 3.8) is 0 Å². The zero-order chi connectivity index (χ0) is 25.2. The maximum absolute atomic E-state index is 14.3. The van der Waals surface area contributed by atoms with Gasteiger partial charge in [-0.15, -0.1) is 0 Å². The van der Waals surface area contributed by atoms with Crippen molar-refractivity contribution in [3.05, 3.63) is 48.3 Å². The summed E-state index contributed by atoms with van der Waals surface area (Å²) in [6.45, 7) is 5.34. The molecule has 0 aliphatic carbocycles. The van der Waals surface area contributed by atoms with E-state index in [9.17, 15) is 17.6 Å². The van der Waals surface area contributed by atoms with Gasteiger partial charge in [0.25, 0.3) is 0 Å². The first kappa shape index (κ1) is 25.1. The Labute approximate surface area is 203 Å². The zero-order valence-corrected chi connectivity index (χ0v) is 20.2. The molecule has 0 N–H and O–H groups in total. The summed E-state index contributed by atoms with van der Waals surface area (Å²) in [4.78, 5) is 1.98. The largest absolute Gasteiger partial charge is 0.497 e. The van der Waals surface area contributed by atoms with E-state index in [1.165, 1.54) is 11.1 Å². The quantitative estimate of drug-likeness (QED) is 0.426. The molecular formula is C26H31F4N3O2. The van der Waals surface area contributed by atoms with Crippen molar-refractivity contribution in [2.75, 3.05) is 36.7 Å². The van der Waals surface area contributed by atoms with Crippen molar-refractivity contribution >= 4 is 17.1 Å². The molecule has 0 aromatic heterocycles. The Hall–Kier alpha value is -2.97. The topological polar surface area (TPSA) is 37.3 Å². The molecule has 2 aromatic rings. The average molecular weight is 494 g/mol. The van der Waals surface area contributed by atoms with Gasteiger partial charge in [-0.05, 0) is 48.7 Å². The molecule has 0 radical (unpaired) electrons. The summed E-state index contributed by atoms with van der Waals surface area (Å²) in [7, 11) is 1.55. The van der Waals surface area contributed by atoms with E-state index in [2.05, 4.69) is 5.10 Å². The maximum Gasteiger partial charge on any atom is 0.431 e. The van der Waals surface area contributed by atoms with Crippen molar-refractivity contribution in [2.45, 2.75) is 45.4 Å². The molecule has 0 unspecified atom stereocenters. The van der Waals surface area contributed by atoms with Crippen LogP contribution in [0.3, 0.4) is 0 Å². The van der Waals surface area contributed by atoms with E-state index >= 15 is 0 Å². The minimum Gasteiger partial charge on any atom is -0.497 e. The summed E-state index contributed by atoms with van der Waals surface area (Å²) in [5, 5.41) is 5.34. The molecule has 2 aromatic carbocycles. The highest BCUT2D eigenvalue weighted by Gasteiger charge is 2.45. The standard InChI is InChI=1S/C26H31F4N3O2/c1-17(2)14-18-16-33(31-25(18)26(28,29)30)19-4-6-20(7-5-19)35-21-10-12-32(13-11-21)24-15-22(34-3)8-9-23(24)27/h4-9,15,17-18,21H,10-14,16H2,1-3H3/t18-/m0/s1. The molecule has 1 atom stereocenters. The number of nitrogens with zero attached hydrogens (tertiary/aromatic N) is 3. The monoisotopic (exact) mass is 493 g/mol. The molecule has 2 aliphatic heterocycles. The highest BCUT2D eigenvalue weighted by molar-refractivity contribution is 5.94. The molecule has 9 heteroatoms. The van der Waals surface area contributed by atoms with Gasteiger partial charge in [0.05, 0.1) is 25.0 Å². The van der Waals surface area contributed by atoms with Gasteiger partial charge in [-0.25, -0.2) is 4.39 Å². The van der Waals surface area contributed by atoms with Gasteiger partial charge in [0.2, 0.25) is 0 Å². The first-order chi connectivity index (χ1) is 16.6. The lowest BCUT2D eigenvalue weighted by atomic mass is 9.93. The van der Waals surface area contributed by atoms with E-state index in [1.54, 1.807) is 43.5 Å². The van der Waals surface area contributed by atoms with Gasteiger partial charge in [-0.2, -0.15) is 18.3 Å². The molecule has 0 spiro atoms. The van der Waals surface area contributed by atoms with Crippen LogP contribution in [0.2, 0.25) is 0 Å². The summed E-state index contributed by atoms with van der Waals surface area (Å²) < 4.78 is 66.0. The minimum atomic E-state index is -4.43. The second kappa shape index (κ2) is 10.3. The average Bonchev–Trinajstić information content (AvgIpc) is 3.24. The predicted molar refractivity (Wildman–Crippen MR) is 129 cm³/mol. The zero-order valence-electron chi connectivity index (χ0n) is 20.2. The van der Waals surface area contributed by atoms with Crippen molar-refractivity contribution < 1.29 is 27.0 Å². The van der Waals surface area contributed by atoms with Crippen LogP contribution in [-0.2, 0) is 0 Å². The van der Waals surface area contributed by atoms with Gasteiger partial charge in [0, 0.05) is 37.9 Å². The molecule has 1 saturated heterocycles. The second-order valence-corrected chi connectivity index (χ2v) is 9.51. The Kier molecular flexibility index (Phi) is 7.42. The number of hydrazone groups is 1. The number of rotatable bonds is 7. The molecule has 0 bridgehead atoms. The number of benzene rings is 2. The van der Waals surface area contributed by atoms with Gasteiger partial charge < -0.3 is 14.4 Å². The first-order valence-electron chi connectivity index (χ1n) is 11.9. The van der Waals surface area contributed by atoms with Crippen molar-refractivity contribution in [1.29, 1.82) is 0 Å². The third-order valence-electron chi connectivity index (χ3n) is 6.43. The van der Waals surface area contributed by atoms with Gasteiger partial charge in [-0.1, -0.05) is 13.8 Å². The Bertz CT molecular complexity index is 1030. The van der Waals surface area contributed by atoms with Crippen LogP contribution in [-0.4, -0.2) is 44.7 Å². The summed E-state index contributed by atoms with van der Waals surface area (Å²) >= 11 is 0. The molecule has 2 heterocycles. The maximum atomic E-state index is 14.3. The molecular weight excluding hydrogens is 462 g/mol. The lowest BCUT2D eigenvalue weighted by Crippen LogP contribution is -2.38. The number of methoxy groups -OCH3 is 1. The fourth-order valence-electron chi connectivity index (χ4n) is 4.72. The SMILES string of the molecule is COc1ccc(F)c(N2CCC(Oc3ccc(N4C[C@H](CC(C)C)C(C(F)(F)F)=N4)cc3)CC2)c1. The van der Waals surface area contributed by atoms with Crippen molar-refractivity contribution in [1.82, 2.24) is 0 Å². The molecule has 190 valence electrons. The third kappa shape index (κ3) is 6.00. The number of piperidine rings is 1. The Morgan fingerprint density at radius 1 is 1.03 bits per heavy atom. The highest BCUT2D eigenvalue weighted by atomic mass is 19.4. The number of hydrogen-bond donors (Lipinski definition) is 0. The van der Waals surface area contributed by atoms with Crippen LogP contribution >= 0.6 is 0 Å². The Balaban J connectivity index is 1.35. The molecule has 5 nitrogen and oxygen atoms in total. The van der Waals surface area contributed by atoms with Crippen LogP contribution < -0.4 is 19.4 Å². The summed E-state index contributed by atoms with van der Waals surface area (Å²) in [6.07, 6.45) is -2.57. The molecule has 35 heavy (non-hydrogen) atoms. The minimum absolute atomic E-state index is 0.0252. The fraction of sp³-hybridized carbons (Fsp3) is 0.500. The number of hydrogen-bond acceptors (Lipinski definition) is 5. The van der Waals surface area contributed by atoms with E-state index in [1.807, 2.05) is 18.7 Å². The van der Waals surface area contributed by atoms with E-state index in [-0.39, 0.29) is 24.4 Å². The predicted octanol–water partition coefficient (Wildman–Crippen LogP) is 6.28. The number of alkyl halides is 3. The number of ether oxygens (including phenoxy) is 2. The number of anilines is 2. The van der Waals surface area contributed by atoms with Crippen LogP contribution in [0, 0.1) is 17.7 Å². The highest BCUT2D eigenvalue weighted by Crippen LogP contribution is 2.35. The van der Waals surface area contributed by atoms with Crippen LogP contribution in [0.1, 0.15) is 33.1 Å². The van der Waals surface area contributed by atoms with Crippen LogP contribution in [0.5, 0.6) is 11.5 Å². The van der Waals surface area contributed by atoms with E-state index in [0.29, 0.717) is 42.4 Å². The Morgan fingerprint density at radius 2 is 1.69 bits per heavy atom. The van der Waals surface area contributed by atoms with E-state index in [0.717, 1.165) is 12.8 Å². The van der Waals surface area contributed by atoms with Crippen molar-refractivity contribution in [3.8, 4) is 11.5 Å². The fourth-order valence-corrected chi connectivity index (χ4v) is 4.72. The normalized spacial score (nSPS) is 19.3. The third-order valence-corrected chi connectivity index (χ3v) is 6.43. The molecule has 0 saturated carbocycles. The molecule has 4 rings (SSSR count). The summed E-state index contributed by atoms with van der Waals surface area (Å²) in [5.74, 6) is 0.494. The number of halogens is 4. The molecule has 1 fully saturated rings. The van der Waals surface area contributed by atoms with Crippen molar-refractivity contribution in [2.24, 2.45) is 16.9 Å². The first-order valence-corrected chi connectivity index (χ1v) is 11.9. The second-order valence-electron chi connectivity index (χ2n) is 9.51. The molecule has 2 aliphatic rings. The lowest BCUT2D eigenvalue weighted by molar-refractivity contribution is -0.0623. The summed E-state index contributed by atoms with van der Waals surface area (Å²) in [5.41, 5.74) is 0.423. The molecule has 0 amide bonds. The lowest BCUT2D eigenvalue weighted by Gasteiger charge is -2.34. The van der Waals surface area contributed by atoms with E-state index < -0.39 is 17.8 Å². The Morgan fingerprint density at radius 3 is 2.29 bits per heavy atom. The smallest absolute Gasteiger partial charge is 0.431 e. The van der Waals surface area contributed by atoms with Crippen LogP contribution in [0.4, 0.5) is 28.9 Å². The van der Waals surface area contributed by atoms with Crippen LogP contribution in [0.25, 0.3) is 0 Å². The van der Waals surface area contributed by atoms with Gasteiger partial charge in [-0.3, -0.25) is 5.01 Å². The summed E-state index contributed by atoms with van der Waals surface area (Å²) in [6, 6.07) is 11.7. The van der Waals surface area contributed by atoms with Gasteiger partial charge in [0.1, 0.15) is 29.1 Å². The van der Waals surface area contributed by atoms with Gasteiger partial charge >= 0.3 is 6.18 Å².